The zero-order valence-corrected chi connectivity index (χ0v) is 7.80. The summed E-state index contributed by atoms with van der Waals surface area (Å²) in [6, 6.07) is 1.20. The van der Waals surface area contributed by atoms with Gasteiger partial charge in [0.05, 0.1) is 0 Å². The molecule has 0 saturated carbocycles. The lowest BCUT2D eigenvalue weighted by molar-refractivity contribution is 0.714. The van der Waals surface area contributed by atoms with Gasteiger partial charge < -0.3 is 10.4 Å². The predicted octanol–water partition coefficient (Wildman–Crippen LogP) is 0.431. The van der Waals surface area contributed by atoms with Gasteiger partial charge in [0.25, 0.3) is 0 Å². The first-order valence-corrected chi connectivity index (χ1v) is 5.71. The molecule has 1 atom stereocenters. The smallest absolute Gasteiger partial charge is 0.182 e. The predicted molar refractivity (Wildman–Crippen MR) is 44.7 cm³/mol. The van der Waals surface area contributed by atoms with E-state index in [1.807, 2.05) is 0 Å². The monoisotopic (exact) mass is 146 g/mol. The summed E-state index contributed by atoms with van der Waals surface area (Å²) in [5.74, 6) is 0.755. The summed E-state index contributed by atoms with van der Waals surface area (Å²) in [7, 11) is -1.01. The fourth-order valence-electron chi connectivity index (χ4n) is 0.853. The molecule has 0 heterocycles. The lowest BCUT2D eigenvalue weighted by Gasteiger charge is -2.11. The lowest BCUT2D eigenvalue weighted by atomic mass is 10.3. The first-order valence-electron chi connectivity index (χ1n) is 3.65. The number of nitrogens with one attached hydrogen (secondary N) is 1. The third kappa shape index (κ3) is 6.02. The maximum absolute atomic E-state index is 5.81. The summed E-state index contributed by atoms with van der Waals surface area (Å²) in [5, 5.41) is 5.81. The van der Waals surface area contributed by atoms with Gasteiger partial charge in [-0.15, -0.1) is 0 Å². The van der Waals surface area contributed by atoms with Gasteiger partial charge in [0, 0.05) is 0 Å². The highest BCUT2D eigenvalue weighted by Gasteiger charge is 2.04. The molecule has 0 radical (unpaired) electrons. The van der Waals surface area contributed by atoms with Crippen molar-refractivity contribution in [3.63, 3.8) is 0 Å². The van der Waals surface area contributed by atoms with Crippen molar-refractivity contribution < 1.29 is 0 Å². The van der Waals surface area contributed by atoms with E-state index in [4.69, 9.17) is 5.40 Å². The second-order valence-electron chi connectivity index (χ2n) is 2.79. The summed E-state index contributed by atoms with van der Waals surface area (Å²) in [6.07, 6.45) is 0. The minimum absolute atomic E-state index is 0.755. The van der Waals surface area contributed by atoms with Gasteiger partial charge in [0.2, 0.25) is 0 Å². The molecular weight excluding hydrogens is 128 g/mol. The van der Waals surface area contributed by atoms with E-state index in [2.05, 4.69) is 25.8 Å². The van der Waals surface area contributed by atoms with Gasteiger partial charge in [0.1, 0.15) is 0 Å². The maximum Gasteiger partial charge on any atom is 0.182 e. The molecule has 9 heavy (non-hydrogen) atoms. The number of nitrogens with two attached hydrogens (primary N) is 1. The van der Waals surface area contributed by atoms with Crippen molar-refractivity contribution in [2.75, 3.05) is 6.54 Å². The molecule has 0 aliphatic carbocycles. The molecule has 3 N–H and O–H groups in total. The fourth-order valence-corrected chi connectivity index (χ4v) is 2.56. The van der Waals surface area contributed by atoms with Crippen molar-refractivity contribution in [3.05, 3.63) is 0 Å². The van der Waals surface area contributed by atoms with Crippen LogP contribution in [0.4, 0.5) is 0 Å². The van der Waals surface area contributed by atoms with Crippen LogP contribution in [0.3, 0.4) is 0 Å². The zero-order valence-electron chi connectivity index (χ0n) is 6.65. The molecule has 0 fully saturated rings. The average molecular weight is 146 g/mol. The Morgan fingerprint density at radius 1 is 1.56 bits per heavy atom. The summed E-state index contributed by atoms with van der Waals surface area (Å²) in [4.78, 5) is 3.29. The standard InChI is InChI=1S/C6H18N2Si/c1-4-8-9(7)5-6(2)3/h6,8-9H,4-5,7H2,1-3H3. The van der Waals surface area contributed by atoms with E-state index in [0.29, 0.717) is 0 Å². The normalized spacial score (nSPS) is 14.3. The van der Waals surface area contributed by atoms with E-state index >= 15 is 0 Å². The molecule has 2 nitrogen and oxygen atoms in total. The number of rotatable bonds is 4. The van der Waals surface area contributed by atoms with Gasteiger partial charge in [-0.2, -0.15) is 0 Å². The summed E-state index contributed by atoms with van der Waals surface area (Å²) in [6.45, 7) is 7.56. The van der Waals surface area contributed by atoms with E-state index in [0.717, 1.165) is 12.5 Å². The van der Waals surface area contributed by atoms with E-state index < -0.39 is 9.12 Å². The van der Waals surface area contributed by atoms with Crippen LogP contribution in [0, 0.1) is 5.92 Å². The number of hydrogen-bond acceptors (Lipinski definition) is 2. The topological polar surface area (TPSA) is 38.0 Å². The van der Waals surface area contributed by atoms with Gasteiger partial charge in [-0.3, -0.25) is 0 Å². The highest BCUT2D eigenvalue weighted by Crippen LogP contribution is 1.98. The minimum atomic E-state index is -1.01. The van der Waals surface area contributed by atoms with Crippen LogP contribution in [0.25, 0.3) is 0 Å². The molecule has 0 aliphatic rings. The SMILES string of the molecule is CCN[SiH](N)CC(C)C. The van der Waals surface area contributed by atoms with Crippen LogP contribution < -0.4 is 10.4 Å². The molecule has 0 aromatic rings. The Kier molecular flexibility index (Phi) is 5.04. The highest BCUT2D eigenvalue weighted by atomic mass is 28.3. The van der Waals surface area contributed by atoms with Crippen LogP contribution in [0.15, 0.2) is 0 Å². The first kappa shape index (κ1) is 9.14. The van der Waals surface area contributed by atoms with E-state index in [1.54, 1.807) is 0 Å². The second-order valence-corrected chi connectivity index (χ2v) is 4.89. The van der Waals surface area contributed by atoms with E-state index in [1.165, 1.54) is 6.04 Å². The Balaban J connectivity index is 3.15. The average Bonchev–Trinajstić information content (AvgIpc) is 1.63. The van der Waals surface area contributed by atoms with Crippen molar-refractivity contribution >= 4 is 9.12 Å². The van der Waals surface area contributed by atoms with Crippen LogP contribution in [-0.4, -0.2) is 15.7 Å². The molecule has 56 valence electrons. The molecular formula is C6H18N2Si. The Morgan fingerprint density at radius 3 is 2.44 bits per heavy atom. The van der Waals surface area contributed by atoms with Crippen LogP contribution in [0.2, 0.25) is 6.04 Å². The van der Waals surface area contributed by atoms with Crippen molar-refractivity contribution in [3.8, 4) is 0 Å². The molecule has 3 heteroatoms. The summed E-state index contributed by atoms with van der Waals surface area (Å²) >= 11 is 0. The maximum atomic E-state index is 5.81. The first-order chi connectivity index (χ1) is 4.16. The van der Waals surface area contributed by atoms with Crippen LogP contribution in [0.1, 0.15) is 20.8 Å². The minimum Gasteiger partial charge on any atom is -0.341 e. The van der Waals surface area contributed by atoms with Gasteiger partial charge >= 0.3 is 0 Å². The lowest BCUT2D eigenvalue weighted by Crippen LogP contribution is -2.43. The molecule has 0 aromatic carbocycles. The second kappa shape index (κ2) is 4.96. The van der Waals surface area contributed by atoms with Crippen molar-refractivity contribution in [1.82, 2.24) is 4.98 Å². The molecule has 1 unspecified atom stereocenters. The Labute approximate surface area is 59.6 Å². The Bertz CT molecular complexity index is 66.1. The Hall–Kier alpha value is 0.137. The summed E-state index contributed by atoms with van der Waals surface area (Å²) < 4.78 is 0. The van der Waals surface area contributed by atoms with Crippen molar-refractivity contribution in [2.45, 2.75) is 26.8 Å². The van der Waals surface area contributed by atoms with Gasteiger partial charge in [-0.1, -0.05) is 20.8 Å². The molecule has 0 rings (SSSR count). The molecule has 0 amide bonds. The third-order valence-corrected chi connectivity index (χ3v) is 3.57. The van der Waals surface area contributed by atoms with Crippen LogP contribution in [0.5, 0.6) is 0 Å². The largest absolute Gasteiger partial charge is 0.341 e. The fraction of sp³-hybridized carbons (Fsp3) is 1.00. The van der Waals surface area contributed by atoms with E-state index in [9.17, 15) is 0 Å². The quantitative estimate of drug-likeness (QED) is 0.565. The molecule has 0 spiro atoms. The Morgan fingerprint density at radius 2 is 2.11 bits per heavy atom. The summed E-state index contributed by atoms with van der Waals surface area (Å²) in [5.41, 5.74) is 0. The highest BCUT2D eigenvalue weighted by molar-refractivity contribution is 6.52. The van der Waals surface area contributed by atoms with Crippen LogP contribution in [-0.2, 0) is 0 Å². The third-order valence-electron chi connectivity index (χ3n) is 1.19. The van der Waals surface area contributed by atoms with Crippen LogP contribution >= 0.6 is 0 Å². The van der Waals surface area contributed by atoms with Gasteiger partial charge in [-0.05, 0) is 18.5 Å². The number of hydrogen-bond donors (Lipinski definition) is 2. The van der Waals surface area contributed by atoms with E-state index in [-0.39, 0.29) is 0 Å². The molecule has 0 aliphatic heterocycles. The zero-order chi connectivity index (χ0) is 7.28. The van der Waals surface area contributed by atoms with Crippen molar-refractivity contribution in [2.24, 2.45) is 11.3 Å². The molecule has 0 saturated heterocycles. The van der Waals surface area contributed by atoms with Crippen molar-refractivity contribution in [1.29, 1.82) is 0 Å². The molecule has 0 aromatic heterocycles. The van der Waals surface area contributed by atoms with Gasteiger partial charge in [0.15, 0.2) is 9.12 Å². The molecule has 0 bridgehead atoms. The van der Waals surface area contributed by atoms with Gasteiger partial charge in [-0.25, -0.2) is 0 Å².